The van der Waals surface area contributed by atoms with Crippen molar-refractivity contribution in [3.05, 3.63) is 35.9 Å². The van der Waals surface area contributed by atoms with E-state index in [2.05, 4.69) is 26.6 Å². The molecule has 0 radical (unpaired) electrons. The third-order valence-electron chi connectivity index (χ3n) is 4.41. The van der Waals surface area contributed by atoms with E-state index in [9.17, 15) is 28.8 Å². The molecule has 0 fully saturated rings. The summed E-state index contributed by atoms with van der Waals surface area (Å²) >= 11 is 0. The van der Waals surface area contributed by atoms with Gasteiger partial charge in [0.15, 0.2) is 0 Å². The lowest BCUT2D eigenvalue weighted by atomic mass is 10.2. The number of amides is 5. The maximum atomic E-state index is 12.3. The van der Waals surface area contributed by atoms with E-state index in [1.54, 1.807) is 45.0 Å². The minimum absolute atomic E-state index is 0.0720. The quantitative estimate of drug-likeness (QED) is 0.228. The van der Waals surface area contributed by atoms with Crippen LogP contribution in [0.5, 0.6) is 0 Å². The number of carbonyl (C=O) groups is 6. The molecule has 204 valence electrons. The van der Waals surface area contributed by atoms with E-state index < -0.39 is 66.5 Å². The zero-order valence-corrected chi connectivity index (χ0v) is 21.6. The minimum Gasteiger partial charge on any atom is -0.460 e. The second-order valence-electron chi connectivity index (χ2n) is 9.02. The number of benzene rings is 1. The normalized spacial score (nSPS) is 12.2. The lowest BCUT2D eigenvalue weighted by Crippen LogP contribution is -2.53. The van der Waals surface area contributed by atoms with Crippen LogP contribution in [-0.2, 0) is 40.1 Å². The zero-order chi connectivity index (χ0) is 28.0. The van der Waals surface area contributed by atoms with Gasteiger partial charge in [0.1, 0.15) is 37.4 Å². The van der Waals surface area contributed by atoms with Gasteiger partial charge in [-0.2, -0.15) is 0 Å². The molecule has 0 unspecified atom stereocenters. The molecule has 0 aliphatic heterocycles. The van der Waals surface area contributed by atoms with Crippen LogP contribution in [0, 0.1) is 0 Å². The Hall–Kier alpha value is -4.16. The van der Waals surface area contributed by atoms with E-state index in [0.717, 1.165) is 5.56 Å². The number of nitrogens with one attached hydrogen (secondary N) is 5. The van der Waals surface area contributed by atoms with Crippen molar-refractivity contribution in [2.75, 3.05) is 19.6 Å². The Morgan fingerprint density at radius 3 is 1.97 bits per heavy atom. The van der Waals surface area contributed by atoms with Crippen LogP contribution >= 0.6 is 0 Å². The highest BCUT2D eigenvalue weighted by atomic mass is 16.6. The van der Waals surface area contributed by atoms with Gasteiger partial charge in [-0.05, 0) is 40.2 Å². The van der Waals surface area contributed by atoms with Gasteiger partial charge in [-0.25, -0.2) is 4.79 Å². The molecule has 0 heterocycles. The molecule has 0 saturated carbocycles. The van der Waals surface area contributed by atoms with Gasteiger partial charge in [0.05, 0.1) is 6.54 Å². The SMILES string of the molecule is C[C@H](NC(=O)CNC(=O)OC(C)(C)C)C(=O)N[C@H](C)C(=O)NCC(=O)NCC(=O)OCc1ccccc1. The van der Waals surface area contributed by atoms with Crippen LogP contribution < -0.4 is 26.6 Å². The van der Waals surface area contributed by atoms with Gasteiger partial charge < -0.3 is 36.1 Å². The molecule has 5 amide bonds. The fraction of sp³-hybridized carbons (Fsp3) is 0.500. The number of hydrogen-bond donors (Lipinski definition) is 5. The van der Waals surface area contributed by atoms with Crippen LogP contribution in [-0.4, -0.2) is 73.0 Å². The van der Waals surface area contributed by atoms with Gasteiger partial charge in [0, 0.05) is 0 Å². The summed E-state index contributed by atoms with van der Waals surface area (Å²) in [6.07, 6.45) is -0.779. The second kappa shape index (κ2) is 15.1. The van der Waals surface area contributed by atoms with Crippen molar-refractivity contribution in [2.24, 2.45) is 0 Å². The molecular weight excluding hydrogens is 486 g/mol. The van der Waals surface area contributed by atoms with Crippen LogP contribution in [0.3, 0.4) is 0 Å². The van der Waals surface area contributed by atoms with Crippen LogP contribution in [0.1, 0.15) is 40.2 Å². The predicted octanol–water partition coefficient (Wildman–Crippen LogP) is -0.504. The third-order valence-corrected chi connectivity index (χ3v) is 4.41. The van der Waals surface area contributed by atoms with Gasteiger partial charge >= 0.3 is 12.1 Å². The van der Waals surface area contributed by atoms with Crippen molar-refractivity contribution in [1.82, 2.24) is 26.6 Å². The standard InChI is InChI=1S/C24H35N5O8/c1-15(29-22(34)16(2)28-19(31)12-27-23(35)37-24(3,4)5)21(33)26-11-18(30)25-13-20(32)36-14-17-9-7-6-8-10-17/h6-10,15-16H,11-14H2,1-5H3,(H,25,30)(H,26,33)(H,27,35)(H,28,31)(H,29,34)/t15-,16+/m1/s1. The average molecular weight is 522 g/mol. The largest absolute Gasteiger partial charge is 0.460 e. The highest BCUT2D eigenvalue weighted by Crippen LogP contribution is 2.06. The van der Waals surface area contributed by atoms with Crippen molar-refractivity contribution in [1.29, 1.82) is 0 Å². The number of carbonyl (C=O) groups excluding carboxylic acids is 6. The Labute approximate surface area is 215 Å². The number of ether oxygens (including phenoxy) is 2. The van der Waals surface area contributed by atoms with Crippen LogP contribution in [0.4, 0.5) is 4.79 Å². The first-order chi connectivity index (χ1) is 17.3. The molecule has 1 aromatic rings. The van der Waals surface area contributed by atoms with E-state index in [1.807, 2.05) is 6.07 Å². The molecule has 0 saturated heterocycles. The summed E-state index contributed by atoms with van der Waals surface area (Å²) in [7, 11) is 0. The Morgan fingerprint density at radius 1 is 0.757 bits per heavy atom. The van der Waals surface area contributed by atoms with Crippen molar-refractivity contribution in [3.8, 4) is 0 Å². The molecule has 0 bridgehead atoms. The van der Waals surface area contributed by atoms with Gasteiger partial charge in [0.25, 0.3) is 0 Å². The minimum atomic E-state index is -1.02. The maximum Gasteiger partial charge on any atom is 0.408 e. The van der Waals surface area contributed by atoms with Gasteiger partial charge in [-0.15, -0.1) is 0 Å². The van der Waals surface area contributed by atoms with E-state index in [1.165, 1.54) is 13.8 Å². The summed E-state index contributed by atoms with van der Waals surface area (Å²) in [4.78, 5) is 71.5. The number of esters is 1. The highest BCUT2D eigenvalue weighted by molar-refractivity contribution is 5.93. The molecule has 5 N–H and O–H groups in total. The first-order valence-electron chi connectivity index (χ1n) is 11.6. The molecule has 13 nitrogen and oxygen atoms in total. The van der Waals surface area contributed by atoms with Crippen molar-refractivity contribution in [3.63, 3.8) is 0 Å². The topological polar surface area (TPSA) is 181 Å². The van der Waals surface area contributed by atoms with Crippen LogP contribution in [0.25, 0.3) is 0 Å². The number of alkyl carbamates (subject to hydrolysis) is 1. The molecule has 2 atom stereocenters. The average Bonchev–Trinajstić information content (AvgIpc) is 2.82. The molecule has 13 heteroatoms. The third kappa shape index (κ3) is 14.1. The van der Waals surface area contributed by atoms with E-state index >= 15 is 0 Å². The molecule has 0 aromatic heterocycles. The summed E-state index contributed by atoms with van der Waals surface area (Å²) in [5.41, 5.74) is 0.0799. The zero-order valence-electron chi connectivity index (χ0n) is 21.6. The maximum absolute atomic E-state index is 12.3. The molecule has 1 aromatic carbocycles. The molecule has 0 spiro atoms. The summed E-state index contributed by atoms with van der Waals surface area (Å²) in [6.45, 7) is 6.69. The fourth-order valence-corrected chi connectivity index (χ4v) is 2.57. The van der Waals surface area contributed by atoms with Crippen molar-refractivity contribution >= 4 is 35.7 Å². The fourth-order valence-electron chi connectivity index (χ4n) is 2.57. The lowest BCUT2D eigenvalue weighted by molar-refractivity contribution is -0.145. The lowest BCUT2D eigenvalue weighted by Gasteiger charge is -2.20. The van der Waals surface area contributed by atoms with Gasteiger partial charge in [-0.3, -0.25) is 24.0 Å². The number of hydrogen-bond acceptors (Lipinski definition) is 8. The Kier molecular flexibility index (Phi) is 12.6. The molecular formula is C24H35N5O8. The van der Waals surface area contributed by atoms with Gasteiger partial charge in [-0.1, -0.05) is 30.3 Å². The smallest absolute Gasteiger partial charge is 0.408 e. The Morgan fingerprint density at radius 2 is 1.35 bits per heavy atom. The van der Waals surface area contributed by atoms with E-state index in [0.29, 0.717) is 0 Å². The Balaban J connectivity index is 2.28. The predicted molar refractivity (Wildman–Crippen MR) is 132 cm³/mol. The summed E-state index contributed by atoms with van der Waals surface area (Å²) in [5.74, 6) is -3.20. The van der Waals surface area contributed by atoms with E-state index in [-0.39, 0.29) is 13.2 Å². The number of rotatable bonds is 12. The summed E-state index contributed by atoms with van der Waals surface area (Å²) in [6, 6.07) is 7.00. The molecule has 0 aliphatic carbocycles. The van der Waals surface area contributed by atoms with E-state index in [4.69, 9.17) is 9.47 Å². The molecule has 0 aliphatic rings. The first kappa shape index (κ1) is 30.9. The van der Waals surface area contributed by atoms with Crippen LogP contribution in [0.2, 0.25) is 0 Å². The van der Waals surface area contributed by atoms with Crippen LogP contribution in [0.15, 0.2) is 30.3 Å². The van der Waals surface area contributed by atoms with Crippen molar-refractivity contribution < 1.29 is 38.2 Å². The second-order valence-corrected chi connectivity index (χ2v) is 9.02. The van der Waals surface area contributed by atoms with Crippen molar-refractivity contribution in [2.45, 2.75) is 58.9 Å². The van der Waals surface area contributed by atoms with Gasteiger partial charge in [0.2, 0.25) is 23.6 Å². The monoisotopic (exact) mass is 521 g/mol. The molecule has 1 rings (SSSR count). The Bertz CT molecular complexity index is 962. The highest BCUT2D eigenvalue weighted by Gasteiger charge is 2.22. The summed E-state index contributed by atoms with van der Waals surface area (Å²) < 4.78 is 10.0. The summed E-state index contributed by atoms with van der Waals surface area (Å²) in [5, 5.41) is 11.7. The first-order valence-corrected chi connectivity index (χ1v) is 11.6. The molecule has 37 heavy (non-hydrogen) atoms.